The smallest absolute Gasteiger partial charge is 0.212 e. The Kier molecular flexibility index (Phi) is 8.95. The first kappa shape index (κ1) is 19.7. The molecule has 0 bridgehead atoms. The number of likely N-dealkylation sites (N-methyl/N-ethyl adjacent to an activating group) is 1. The first-order valence-corrected chi connectivity index (χ1v) is 9.59. The van der Waals surface area contributed by atoms with Gasteiger partial charge in [-0.25, -0.2) is 4.99 Å². The highest BCUT2D eigenvalue weighted by Gasteiger charge is 2.28. The summed E-state index contributed by atoms with van der Waals surface area (Å²) in [6.07, 6.45) is 2.11. The Morgan fingerprint density at radius 1 is 1.39 bits per heavy atom. The average molecular weight is 351 g/mol. The summed E-state index contributed by atoms with van der Waals surface area (Å²) in [5.41, 5.74) is 2.10. The van der Waals surface area contributed by atoms with E-state index < -0.39 is 0 Å². The maximum absolute atomic E-state index is 5.51. The lowest BCUT2D eigenvalue weighted by Crippen LogP contribution is -2.43. The summed E-state index contributed by atoms with van der Waals surface area (Å²) in [6.45, 7) is 9.81. The zero-order chi connectivity index (χ0) is 17.2. The molecule has 0 saturated carbocycles. The number of thioether (sulfide) groups is 2. The van der Waals surface area contributed by atoms with E-state index >= 15 is 0 Å². The van der Waals surface area contributed by atoms with Crippen LogP contribution in [-0.2, 0) is 4.74 Å². The molecule has 5 heteroatoms. The SMILES string of the molecule is C=CS/C(=C\C)SCC1C(OC)=Nc2ccccc2N1C.CC. The zero-order valence-electron chi connectivity index (χ0n) is 14.6. The number of hydrogen-bond acceptors (Lipinski definition) is 5. The molecule has 126 valence electrons. The second-order valence-corrected chi connectivity index (χ2v) is 6.80. The number of fused-ring (bicyclic) bond motifs is 1. The van der Waals surface area contributed by atoms with Crippen molar-refractivity contribution in [3.8, 4) is 0 Å². The van der Waals surface area contributed by atoms with Crippen molar-refractivity contribution in [2.24, 2.45) is 4.99 Å². The number of benzene rings is 1. The minimum Gasteiger partial charge on any atom is -0.483 e. The molecule has 0 radical (unpaired) electrons. The van der Waals surface area contributed by atoms with E-state index in [0.717, 1.165) is 23.0 Å². The first-order valence-electron chi connectivity index (χ1n) is 7.72. The van der Waals surface area contributed by atoms with Crippen molar-refractivity contribution in [2.45, 2.75) is 26.8 Å². The van der Waals surface area contributed by atoms with Crippen LogP contribution in [-0.4, -0.2) is 31.8 Å². The van der Waals surface area contributed by atoms with Gasteiger partial charge in [0.05, 0.1) is 18.5 Å². The molecule has 0 aromatic heterocycles. The Labute approximate surface area is 148 Å². The Morgan fingerprint density at radius 2 is 2.09 bits per heavy atom. The Bertz CT molecular complexity index is 570. The number of rotatable bonds is 5. The third-order valence-corrected chi connectivity index (χ3v) is 5.55. The fourth-order valence-electron chi connectivity index (χ4n) is 2.18. The summed E-state index contributed by atoms with van der Waals surface area (Å²) >= 11 is 3.45. The van der Waals surface area contributed by atoms with Crippen molar-refractivity contribution in [3.63, 3.8) is 0 Å². The molecule has 0 saturated heterocycles. The predicted molar refractivity (Wildman–Crippen MR) is 108 cm³/mol. The fourth-order valence-corrected chi connectivity index (χ4v) is 4.01. The molecule has 0 fully saturated rings. The van der Waals surface area contributed by atoms with Crippen LogP contribution >= 0.6 is 23.5 Å². The molecule has 1 aliphatic rings. The molecule has 0 spiro atoms. The minimum atomic E-state index is 0.135. The summed E-state index contributed by atoms with van der Waals surface area (Å²) in [4.78, 5) is 6.87. The van der Waals surface area contributed by atoms with E-state index in [4.69, 9.17) is 4.74 Å². The molecule has 1 aromatic rings. The van der Waals surface area contributed by atoms with Crippen molar-refractivity contribution in [2.75, 3.05) is 24.8 Å². The van der Waals surface area contributed by atoms with Crippen LogP contribution < -0.4 is 4.90 Å². The largest absolute Gasteiger partial charge is 0.483 e. The predicted octanol–water partition coefficient (Wildman–Crippen LogP) is 5.68. The van der Waals surface area contributed by atoms with Crippen molar-refractivity contribution < 1.29 is 4.74 Å². The summed E-state index contributed by atoms with van der Waals surface area (Å²) in [5.74, 6) is 1.65. The summed E-state index contributed by atoms with van der Waals surface area (Å²) in [6, 6.07) is 8.28. The van der Waals surface area contributed by atoms with Crippen LogP contribution in [0.1, 0.15) is 20.8 Å². The molecule has 23 heavy (non-hydrogen) atoms. The van der Waals surface area contributed by atoms with E-state index in [9.17, 15) is 0 Å². The lowest BCUT2D eigenvalue weighted by molar-refractivity contribution is 0.382. The summed E-state index contributed by atoms with van der Waals surface area (Å²) < 4.78 is 6.75. The van der Waals surface area contributed by atoms with Crippen LogP contribution in [0.3, 0.4) is 0 Å². The van der Waals surface area contributed by atoms with Gasteiger partial charge in [0.25, 0.3) is 0 Å². The Balaban J connectivity index is 0.00000127. The third-order valence-electron chi connectivity index (χ3n) is 3.27. The standard InChI is InChI=1S/C16H20N2OS2.C2H6/c1-5-15(20-6-2)21-11-14-16(19-4)17-12-9-7-8-10-13(12)18(14)3;1-2/h5-10,14H,2,11H2,1,3-4H3;1-2H3/b15-5+;. The van der Waals surface area contributed by atoms with Crippen molar-refractivity contribution >= 4 is 40.8 Å². The fraction of sp³-hybridized carbons (Fsp3) is 0.389. The van der Waals surface area contributed by atoms with Crippen LogP contribution in [0.2, 0.25) is 0 Å². The van der Waals surface area contributed by atoms with Crippen LogP contribution in [0.4, 0.5) is 11.4 Å². The van der Waals surface area contributed by atoms with Gasteiger partial charge in [-0.3, -0.25) is 0 Å². The highest BCUT2D eigenvalue weighted by atomic mass is 32.2. The maximum Gasteiger partial charge on any atom is 0.212 e. The van der Waals surface area contributed by atoms with Crippen LogP contribution in [0.15, 0.2) is 51.6 Å². The van der Waals surface area contributed by atoms with Gasteiger partial charge in [-0.05, 0) is 24.5 Å². The lowest BCUT2D eigenvalue weighted by atomic mass is 10.1. The minimum absolute atomic E-state index is 0.135. The number of ether oxygens (including phenoxy) is 1. The molecule has 3 nitrogen and oxygen atoms in total. The van der Waals surface area contributed by atoms with Crippen LogP contribution in [0, 0.1) is 0 Å². The van der Waals surface area contributed by atoms with Gasteiger partial charge in [0, 0.05) is 17.0 Å². The Morgan fingerprint density at radius 3 is 2.70 bits per heavy atom. The van der Waals surface area contributed by atoms with Crippen molar-refractivity contribution in [1.82, 2.24) is 0 Å². The van der Waals surface area contributed by atoms with Gasteiger partial charge in [0.1, 0.15) is 6.04 Å². The number of methoxy groups -OCH3 is 1. The highest BCUT2D eigenvalue weighted by Crippen LogP contribution is 2.36. The van der Waals surface area contributed by atoms with E-state index in [1.165, 1.54) is 4.24 Å². The maximum atomic E-state index is 5.51. The number of nitrogens with zero attached hydrogens (tertiary/aromatic N) is 2. The molecule has 1 atom stereocenters. The number of para-hydroxylation sites is 2. The number of aliphatic imine (C=N–C) groups is 1. The van der Waals surface area contributed by atoms with Gasteiger partial charge >= 0.3 is 0 Å². The lowest BCUT2D eigenvalue weighted by Gasteiger charge is -2.34. The van der Waals surface area contributed by atoms with Gasteiger partial charge in [0.2, 0.25) is 5.90 Å². The van der Waals surface area contributed by atoms with Crippen LogP contribution in [0.5, 0.6) is 0 Å². The second kappa shape index (κ2) is 10.4. The number of anilines is 1. The average Bonchev–Trinajstić information content (AvgIpc) is 2.61. The van der Waals surface area contributed by atoms with Crippen LogP contribution in [0.25, 0.3) is 0 Å². The van der Waals surface area contributed by atoms with Gasteiger partial charge < -0.3 is 9.64 Å². The molecule has 2 rings (SSSR count). The normalized spacial score (nSPS) is 16.7. The molecule has 0 amide bonds. The van der Waals surface area contributed by atoms with Gasteiger partial charge in [-0.1, -0.05) is 50.4 Å². The van der Waals surface area contributed by atoms with Gasteiger partial charge in [0.15, 0.2) is 0 Å². The molecule has 1 aromatic carbocycles. The zero-order valence-corrected chi connectivity index (χ0v) is 16.2. The highest BCUT2D eigenvalue weighted by molar-refractivity contribution is 8.23. The molecule has 1 aliphatic heterocycles. The second-order valence-electron chi connectivity index (χ2n) is 4.47. The quantitative estimate of drug-likeness (QED) is 0.682. The summed E-state index contributed by atoms with van der Waals surface area (Å²) in [7, 11) is 3.78. The van der Waals surface area contributed by atoms with Crippen molar-refractivity contribution in [3.05, 3.63) is 46.6 Å². The van der Waals surface area contributed by atoms with E-state index in [-0.39, 0.29) is 6.04 Å². The summed E-state index contributed by atoms with van der Waals surface area (Å²) in [5, 5.41) is 1.85. The topological polar surface area (TPSA) is 24.8 Å². The molecule has 0 aliphatic carbocycles. The molecule has 1 heterocycles. The Hall–Kier alpha value is -1.33. The monoisotopic (exact) mass is 350 g/mol. The third kappa shape index (κ3) is 5.08. The van der Waals surface area contributed by atoms with Gasteiger partial charge in [-0.15, -0.1) is 11.8 Å². The number of allylic oxidation sites excluding steroid dienone is 1. The van der Waals surface area contributed by atoms with Gasteiger partial charge in [-0.2, -0.15) is 0 Å². The first-order chi connectivity index (χ1) is 11.2. The van der Waals surface area contributed by atoms with E-state index in [1.807, 2.05) is 44.4 Å². The molecule has 0 N–H and O–H groups in total. The molecule has 1 unspecified atom stereocenters. The van der Waals surface area contributed by atoms with Crippen molar-refractivity contribution in [1.29, 1.82) is 0 Å². The molecular formula is C18H26N2OS2. The van der Waals surface area contributed by atoms with E-state index in [2.05, 4.69) is 35.7 Å². The number of hydrogen-bond donors (Lipinski definition) is 0. The van der Waals surface area contributed by atoms with E-state index in [0.29, 0.717) is 0 Å². The van der Waals surface area contributed by atoms with E-state index in [1.54, 1.807) is 30.6 Å². The molecular weight excluding hydrogens is 324 g/mol.